The van der Waals surface area contributed by atoms with Gasteiger partial charge in [-0.05, 0) is 57.8 Å². The summed E-state index contributed by atoms with van der Waals surface area (Å²) in [5.74, 6) is 0. The van der Waals surface area contributed by atoms with E-state index in [1.54, 1.807) is 0 Å². The molecule has 18 heavy (non-hydrogen) atoms. The third-order valence-electron chi connectivity index (χ3n) is 3.48. The molecule has 0 aliphatic carbocycles. The van der Waals surface area contributed by atoms with Crippen molar-refractivity contribution in [1.82, 2.24) is 4.98 Å². The topological polar surface area (TPSA) is 12.9 Å². The minimum absolute atomic E-state index is 0.494. The molecule has 1 aromatic heterocycles. The molecule has 0 radical (unpaired) electrons. The molecule has 2 heterocycles. The van der Waals surface area contributed by atoms with Gasteiger partial charge in [0.05, 0.1) is 13.2 Å². The van der Waals surface area contributed by atoms with Gasteiger partial charge in [0, 0.05) is 18.8 Å². The van der Waals surface area contributed by atoms with Crippen molar-refractivity contribution in [3.63, 3.8) is 0 Å². The molecule has 0 amide bonds. The first-order chi connectivity index (χ1) is 8.65. The summed E-state index contributed by atoms with van der Waals surface area (Å²) in [5, 5.41) is 0. The Balaban J connectivity index is 2.12. The van der Waals surface area contributed by atoms with Crippen LogP contribution in [0.25, 0.3) is 5.57 Å². The van der Waals surface area contributed by atoms with E-state index in [0.29, 0.717) is 4.95 Å². The maximum atomic E-state index is 4.06. The summed E-state index contributed by atoms with van der Waals surface area (Å²) in [4.78, 5) is 4.55. The summed E-state index contributed by atoms with van der Waals surface area (Å²) in [7, 11) is 2.27. The molecule has 3 heteroatoms. The van der Waals surface area contributed by atoms with Crippen LogP contribution in [0.5, 0.6) is 0 Å². The number of quaternary nitrogens is 1. The summed E-state index contributed by atoms with van der Waals surface area (Å²) < 4.78 is 0.933. The highest BCUT2D eigenvalue weighted by Crippen LogP contribution is 2.28. The Morgan fingerprint density at radius 1 is 1.39 bits per heavy atom. The van der Waals surface area contributed by atoms with Gasteiger partial charge in [0.1, 0.15) is 11.5 Å². The van der Waals surface area contributed by atoms with Gasteiger partial charge in [-0.25, -0.2) is 0 Å². The molecule has 96 valence electrons. The second-order valence-electron chi connectivity index (χ2n) is 4.96. The highest BCUT2D eigenvalue weighted by Gasteiger charge is 2.28. The molecule has 0 spiro atoms. The Hall–Kier alpha value is -0.930. The molecule has 0 N–H and O–H groups in total. The SMILES string of the molecule is CCCC(Br)[N+]1(C)C=CC(c2ccncc2)=CC1. The zero-order chi connectivity index (χ0) is 13.0. The van der Waals surface area contributed by atoms with E-state index in [2.05, 4.69) is 65.4 Å². The van der Waals surface area contributed by atoms with E-state index in [4.69, 9.17) is 0 Å². The van der Waals surface area contributed by atoms with Gasteiger partial charge in [-0.1, -0.05) is 6.92 Å². The van der Waals surface area contributed by atoms with Crippen molar-refractivity contribution in [1.29, 1.82) is 0 Å². The summed E-state index contributed by atoms with van der Waals surface area (Å²) >= 11 is 3.81. The third kappa shape index (κ3) is 2.90. The monoisotopic (exact) mass is 307 g/mol. The van der Waals surface area contributed by atoms with Gasteiger partial charge in [-0.15, -0.1) is 0 Å². The van der Waals surface area contributed by atoms with Crippen LogP contribution in [-0.2, 0) is 0 Å². The van der Waals surface area contributed by atoms with Gasteiger partial charge < -0.3 is 0 Å². The van der Waals surface area contributed by atoms with E-state index in [-0.39, 0.29) is 0 Å². The molecule has 0 aromatic carbocycles. The quantitative estimate of drug-likeness (QED) is 0.466. The Morgan fingerprint density at radius 3 is 2.67 bits per heavy atom. The number of likely N-dealkylation sites (N-methyl/N-ethyl adjacent to an activating group) is 1. The Labute approximate surface area is 118 Å². The summed E-state index contributed by atoms with van der Waals surface area (Å²) in [6.07, 6.45) is 12.9. The van der Waals surface area contributed by atoms with Gasteiger partial charge in [-0.3, -0.25) is 9.47 Å². The number of hydrogen-bond acceptors (Lipinski definition) is 1. The maximum absolute atomic E-state index is 4.06. The van der Waals surface area contributed by atoms with Crippen LogP contribution < -0.4 is 0 Å². The predicted octanol–water partition coefficient (Wildman–Crippen LogP) is 3.96. The van der Waals surface area contributed by atoms with Crippen molar-refractivity contribution in [2.45, 2.75) is 24.7 Å². The fourth-order valence-corrected chi connectivity index (χ4v) is 2.94. The van der Waals surface area contributed by atoms with E-state index in [1.165, 1.54) is 24.0 Å². The lowest BCUT2D eigenvalue weighted by Crippen LogP contribution is -2.45. The first-order valence-corrected chi connectivity index (χ1v) is 7.36. The molecule has 0 saturated carbocycles. The fourth-order valence-electron chi connectivity index (χ4n) is 2.17. The van der Waals surface area contributed by atoms with E-state index in [0.717, 1.165) is 11.0 Å². The van der Waals surface area contributed by atoms with Gasteiger partial charge in [0.2, 0.25) is 0 Å². The van der Waals surface area contributed by atoms with Crippen LogP contribution in [0.4, 0.5) is 0 Å². The van der Waals surface area contributed by atoms with Crippen molar-refractivity contribution >= 4 is 21.5 Å². The molecule has 2 nitrogen and oxygen atoms in total. The molecule has 2 atom stereocenters. The average Bonchev–Trinajstić information content (AvgIpc) is 2.41. The zero-order valence-corrected chi connectivity index (χ0v) is 12.6. The summed E-state index contributed by atoms with van der Waals surface area (Å²) in [5.41, 5.74) is 2.54. The van der Waals surface area contributed by atoms with Crippen molar-refractivity contribution in [2.24, 2.45) is 0 Å². The Kier molecular flexibility index (Phi) is 4.36. The molecule has 1 aliphatic heterocycles. The normalized spacial score (nSPS) is 24.7. The van der Waals surface area contributed by atoms with Crippen LogP contribution in [0.2, 0.25) is 0 Å². The summed E-state index contributed by atoms with van der Waals surface area (Å²) in [6, 6.07) is 4.12. The van der Waals surface area contributed by atoms with Crippen molar-refractivity contribution < 1.29 is 4.48 Å². The molecule has 0 saturated heterocycles. The molecule has 1 aromatic rings. The smallest absolute Gasteiger partial charge is 0.148 e. The van der Waals surface area contributed by atoms with E-state index in [9.17, 15) is 0 Å². The van der Waals surface area contributed by atoms with Gasteiger partial charge in [0.25, 0.3) is 0 Å². The highest BCUT2D eigenvalue weighted by molar-refractivity contribution is 9.09. The lowest BCUT2D eigenvalue weighted by Gasteiger charge is -2.36. The number of nitrogens with zero attached hydrogens (tertiary/aromatic N) is 2. The Bertz CT molecular complexity index is 453. The minimum atomic E-state index is 0.494. The lowest BCUT2D eigenvalue weighted by molar-refractivity contribution is -0.863. The third-order valence-corrected chi connectivity index (χ3v) is 4.87. The average molecular weight is 308 g/mol. The van der Waals surface area contributed by atoms with Crippen LogP contribution in [0.15, 0.2) is 42.9 Å². The molecule has 1 aliphatic rings. The van der Waals surface area contributed by atoms with Crippen LogP contribution in [0.1, 0.15) is 25.3 Å². The largest absolute Gasteiger partial charge is 0.285 e. The Morgan fingerprint density at radius 2 is 2.11 bits per heavy atom. The van der Waals surface area contributed by atoms with Gasteiger partial charge in [0.15, 0.2) is 0 Å². The first-order valence-electron chi connectivity index (χ1n) is 6.44. The van der Waals surface area contributed by atoms with Crippen molar-refractivity contribution in [3.8, 4) is 0 Å². The van der Waals surface area contributed by atoms with Gasteiger partial charge in [-0.2, -0.15) is 0 Å². The van der Waals surface area contributed by atoms with Gasteiger partial charge >= 0.3 is 0 Å². The maximum Gasteiger partial charge on any atom is 0.148 e. The molecule has 0 bridgehead atoms. The standard InChI is InChI=1S/C15H20BrN2/c1-3-4-15(16)18(2)11-7-14(8-12-18)13-5-9-17-10-6-13/h5-11,15H,3-4,12H2,1-2H3/q+1. The minimum Gasteiger partial charge on any atom is -0.285 e. The number of allylic oxidation sites excluding steroid dienone is 2. The fraction of sp³-hybridized carbons (Fsp3) is 0.400. The second kappa shape index (κ2) is 5.81. The van der Waals surface area contributed by atoms with Crippen LogP contribution in [0.3, 0.4) is 0 Å². The molecular weight excluding hydrogens is 288 g/mol. The molecular formula is C15H20BrN2+. The number of rotatable bonds is 4. The van der Waals surface area contributed by atoms with E-state index >= 15 is 0 Å². The summed E-state index contributed by atoms with van der Waals surface area (Å²) in [6.45, 7) is 3.26. The number of halogens is 1. The number of aromatic nitrogens is 1. The first kappa shape index (κ1) is 13.5. The highest BCUT2D eigenvalue weighted by atomic mass is 79.9. The molecule has 2 unspecified atom stereocenters. The van der Waals surface area contributed by atoms with Crippen molar-refractivity contribution in [3.05, 3.63) is 48.4 Å². The molecule has 2 rings (SSSR count). The van der Waals surface area contributed by atoms with Crippen LogP contribution in [0, 0.1) is 0 Å². The second-order valence-corrected chi connectivity index (χ2v) is 6.02. The number of hydrogen-bond donors (Lipinski definition) is 0. The van der Waals surface area contributed by atoms with E-state index < -0.39 is 0 Å². The predicted molar refractivity (Wildman–Crippen MR) is 80.0 cm³/mol. The lowest BCUT2D eigenvalue weighted by atomic mass is 10.0. The zero-order valence-electron chi connectivity index (χ0n) is 11.0. The van der Waals surface area contributed by atoms with Crippen LogP contribution in [-0.4, -0.2) is 28.0 Å². The number of alkyl halides is 1. The van der Waals surface area contributed by atoms with Crippen LogP contribution >= 0.6 is 15.9 Å². The van der Waals surface area contributed by atoms with Crippen molar-refractivity contribution in [2.75, 3.05) is 13.6 Å². The number of pyridine rings is 1. The molecule has 0 fully saturated rings. The van der Waals surface area contributed by atoms with E-state index in [1.807, 2.05) is 12.4 Å².